The molecule has 0 bridgehead atoms. The van der Waals surface area contributed by atoms with Gasteiger partial charge >= 0.3 is 5.63 Å². The fraction of sp³-hybridized carbons (Fsp3) is 0.111. The van der Waals surface area contributed by atoms with Gasteiger partial charge in [-0.25, -0.2) is 14.3 Å². The number of carbonyl (C=O) groups is 1. The highest BCUT2D eigenvalue weighted by molar-refractivity contribution is 6.05. The van der Waals surface area contributed by atoms with Crippen LogP contribution in [0, 0.1) is 13.8 Å². The third-order valence-electron chi connectivity index (χ3n) is 4.01. The maximum Gasteiger partial charge on any atom is 0.336 e. The van der Waals surface area contributed by atoms with Gasteiger partial charge < -0.3 is 9.73 Å². The van der Waals surface area contributed by atoms with Crippen LogP contribution in [0.1, 0.15) is 21.6 Å². The molecular weight excluding hydrogens is 320 g/mol. The lowest BCUT2D eigenvalue weighted by Crippen LogP contribution is -2.13. The number of hydrogen-bond acceptors (Lipinski definition) is 5. The van der Waals surface area contributed by atoms with E-state index in [-0.39, 0.29) is 11.6 Å². The highest BCUT2D eigenvalue weighted by Gasteiger charge is 2.14. The molecule has 7 heteroatoms. The van der Waals surface area contributed by atoms with Crippen molar-refractivity contribution in [2.24, 2.45) is 0 Å². The van der Waals surface area contributed by atoms with Gasteiger partial charge in [-0.2, -0.15) is 5.10 Å². The number of fused-ring (bicyclic) bond motifs is 2. The van der Waals surface area contributed by atoms with Crippen LogP contribution in [-0.4, -0.2) is 20.5 Å². The number of benzene rings is 1. The molecule has 0 fully saturated rings. The molecule has 3 aromatic heterocycles. The van der Waals surface area contributed by atoms with Gasteiger partial charge in [-0.15, -0.1) is 0 Å². The molecule has 1 amide bonds. The van der Waals surface area contributed by atoms with E-state index in [4.69, 9.17) is 4.42 Å². The maximum absolute atomic E-state index is 12.5. The van der Waals surface area contributed by atoms with Crippen LogP contribution in [0.15, 0.2) is 51.9 Å². The summed E-state index contributed by atoms with van der Waals surface area (Å²) in [4.78, 5) is 28.2. The second-order valence-electron chi connectivity index (χ2n) is 5.82. The van der Waals surface area contributed by atoms with Gasteiger partial charge in [0.2, 0.25) is 0 Å². The minimum atomic E-state index is -0.390. The van der Waals surface area contributed by atoms with Gasteiger partial charge in [0.05, 0.1) is 0 Å². The lowest BCUT2D eigenvalue weighted by Gasteiger charge is -2.09. The Balaban J connectivity index is 1.73. The van der Waals surface area contributed by atoms with Gasteiger partial charge in [-0.05, 0) is 43.2 Å². The molecule has 0 unspecified atom stereocenters. The summed E-state index contributed by atoms with van der Waals surface area (Å²) in [5.41, 5.74) is 3.19. The van der Waals surface area contributed by atoms with E-state index >= 15 is 0 Å². The van der Waals surface area contributed by atoms with E-state index in [1.54, 1.807) is 41.2 Å². The molecule has 4 aromatic rings. The normalized spacial score (nSPS) is 11.1. The van der Waals surface area contributed by atoms with Gasteiger partial charge in [-0.3, -0.25) is 4.79 Å². The number of amides is 1. The van der Waals surface area contributed by atoms with Gasteiger partial charge in [0.1, 0.15) is 5.58 Å². The van der Waals surface area contributed by atoms with Crippen molar-refractivity contribution in [3.8, 4) is 0 Å². The topological polar surface area (TPSA) is 89.5 Å². The quantitative estimate of drug-likeness (QED) is 0.569. The monoisotopic (exact) mass is 334 g/mol. The number of nitrogens with zero attached hydrogens (tertiary/aromatic N) is 3. The summed E-state index contributed by atoms with van der Waals surface area (Å²) in [6.45, 7) is 3.66. The summed E-state index contributed by atoms with van der Waals surface area (Å²) < 4.78 is 6.76. The first-order chi connectivity index (χ1) is 12.0. The van der Waals surface area contributed by atoms with Crippen LogP contribution in [0.3, 0.4) is 0 Å². The Hall–Kier alpha value is -3.48. The molecule has 0 radical (unpaired) electrons. The molecule has 124 valence electrons. The zero-order valence-electron chi connectivity index (χ0n) is 13.6. The molecule has 4 rings (SSSR count). The molecule has 7 nitrogen and oxygen atoms in total. The summed E-state index contributed by atoms with van der Waals surface area (Å²) in [6.07, 6.45) is 3.37. The van der Waals surface area contributed by atoms with Crippen LogP contribution in [-0.2, 0) is 0 Å². The Bertz CT molecular complexity index is 1160. The lowest BCUT2D eigenvalue weighted by atomic mass is 10.1. The predicted octanol–water partition coefficient (Wildman–Crippen LogP) is 2.70. The molecule has 0 aliphatic rings. The smallest absolute Gasteiger partial charge is 0.336 e. The van der Waals surface area contributed by atoms with Crippen molar-refractivity contribution in [3.05, 3.63) is 70.0 Å². The molecule has 0 aliphatic carbocycles. The third kappa shape index (κ3) is 2.65. The van der Waals surface area contributed by atoms with Crippen molar-refractivity contribution in [2.75, 3.05) is 5.32 Å². The van der Waals surface area contributed by atoms with E-state index in [1.807, 2.05) is 13.8 Å². The fourth-order valence-electron chi connectivity index (χ4n) is 2.73. The molecule has 1 aromatic carbocycles. The zero-order valence-corrected chi connectivity index (χ0v) is 13.6. The van der Waals surface area contributed by atoms with E-state index in [9.17, 15) is 9.59 Å². The minimum Gasteiger partial charge on any atom is -0.423 e. The lowest BCUT2D eigenvalue weighted by molar-refractivity contribution is 0.102. The van der Waals surface area contributed by atoms with Gasteiger partial charge in [0.15, 0.2) is 11.3 Å². The minimum absolute atomic E-state index is 0.273. The van der Waals surface area contributed by atoms with Crippen LogP contribution in [0.5, 0.6) is 0 Å². The fourth-order valence-corrected chi connectivity index (χ4v) is 2.73. The second kappa shape index (κ2) is 5.55. The molecular formula is C18H14N4O3. The SMILES string of the molecule is Cc1cc2oc(=O)cc(C)c2cc1NC(=O)c1cc2ncccn2n1. The van der Waals surface area contributed by atoms with Gasteiger partial charge in [0.25, 0.3) is 5.91 Å². The number of nitrogens with one attached hydrogen (secondary N) is 1. The van der Waals surface area contributed by atoms with Crippen molar-refractivity contribution in [1.29, 1.82) is 0 Å². The zero-order chi connectivity index (χ0) is 17.6. The molecule has 3 heterocycles. The van der Waals surface area contributed by atoms with Crippen molar-refractivity contribution < 1.29 is 9.21 Å². The molecule has 0 saturated carbocycles. The van der Waals surface area contributed by atoms with E-state index in [1.165, 1.54) is 6.07 Å². The highest BCUT2D eigenvalue weighted by Crippen LogP contribution is 2.25. The Morgan fingerprint density at radius 3 is 2.80 bits per heavy atom. The number of aryl methyl sites for hydroxylation is 2. The van der Waals surface area contributed by atoms with Crippen molar-refractivity contribution >= 4 is 28.2 Å². The van der Waals surface area contributed by atoms with Gasteiger partial charge in [-0.1, -0.05) is 0 Å². The largest absolute Gasteiger partial charge is 0.423 e. The molecule has 0 saturated heterocycles. The van der Waals surface area contributed by atoms with Crippen LogP contribution in [0.25, 0.3) is 16.6 Å². The first kappa shape index (κ1) is 15.1. The Morgan fingerprint density at radius 1 is 1.16 bits per heavy atom. The van der Waals surface area contributed by atoms with E-state index in [0.29, 0.717) is 16.9 Å². The highest BCUT2D eigenvalue weighted by atomic mass is 16.4. The maximum atomic E-state index is 12.5. The van der Waals surface area contributed by atoms with Crippen LogP contribution in [0.4, 0.5) is 5.69 Å². The summed E-state index contributed by atoms with van der Waals surface area (Å²) in [7, 11) is 0. The first-order valence-corrected chi connectivity index (χ1v) is 7.68. The summed E-state index contributed by atoms with van der Waals surface area (Å²) in [5.74, 6) is -0.331. The Kier molecular flexibility index (Phi) is 3.35. The Morgan fingerprint density at radius 2 is 2.00 bits per heavy atom. The van der Waals surface area contributed by atoms with Crippen LogP contribution < -0.4 is 10.9 Å². The molecule has 0 atom stereocenters. The van der Waals surface area contributed by atoms with Crippen molar-refractivity contribution in [3.63, 3.8) is 0 Å². The van der Waals surface area contributed by atoms with Crippen molar-refractivity contribution in [2.45, 2.75) is 13.8 Å². The van der Waals surface area contributed by atoms with Crippen molar-refractivity contribution in [1.82, 2.24) is 14.6 Å². The number of hydrogen-bond donors (Lipinski definition) is 1. The number of rotatable bonds is 2. The van der Waals surface area contributed by atoms with Crippen LogP contribution in [0.2, 0.25) is 0 Å². The van der Waals surface area contributed by atoms with Gasteiger partial charge in [0, 0.05) is 35.6 Å². The predicted molar refractivity (Wildman–Crippen MR) is 92.9 cm³/mol. The van der Waals surface area contributed by atoms with E-state index < -0.39 is 5.63 Å². The standard InChI is InChI=1S/C18H14N4O3/c1-10-7-17(23)25-15-6-11(2)13(8-12(10)15)20-18(24)14-9-16-19-4-3-5-22(16)21-14/h3-9H,1-2H3,(H,20,24). The molecule has 0 spiro atoms. The van der Waals surface area contributed by atoms with Crippen LogP contribution >= 0.6 is 0 Å². The first-order valence-electron chi connectivity index (χ1n) is 7.68. The van der Waals surface area contributed by atoms with E-state index in [0.717, 1.165) is 16.5 Å². The molecule has 0 aliphatic heterocycles. The Labute approximate surface area is 141 Å². The molecule has 25 heavy (non-hydrogen) atoms. The van der Waals surface area contributed by atoms with E-state index in [2.05, 4.69) is 15.4 Å². The summed E-state index contributed by atoms with van der Waals surface area (Å²) in [5, 5.41) is 7.85. The number of anilines is 1. The summed E-state index contributed by atoms with van der Waals surface area (Å²) in [6, 6.07) is 8.33. The average Bonchev–Trinajstić information content (AvgIpc) is 3.00. The summed E-state index contributed by atoms with van der Waals surface area (Å²) >= 11 is 0. The number of aromatic nitrogens is 3. The average molecular weight is 334 g/mol. The second-order valence-corrected chi connectivity index (χ2v) is 5.82. The molecule has 1 N–H and O–H groups in total. The third-order valence-corrected chi connectivity index (χ3v) is 4.01. The number of carbonyl (C=O) groups excluding carboxylic acids is 1.